The first kappa shape index (κ1) is 15.1. The van der Waals surface area contributed by atoms with Crippen molar-refractivity contribution in [1.29, 1.82) is 0 Å². The first-order valence-electron chi connectivity index (χ1n) is 7.83. The maximum absolute atomic E-state index is 12.1. The highest BCUT2D eigenvalue weighted by atomic mass is 32.1. The van der Waals surface area contributed by atoms with Gasteiger partial charge in [0, 0.05) is 22.5 Å². The third kappa shape index (κ3) is 3.33. The highest BCUT2D eigenvalue weighted by Gasteiger charge is 2.36. The number of rotatable bonds is 4. The molecule has 1 fully saturated rings. The quantitative estimate of drug-likeness (QED) is 0.844. The molecule has 3 nitrogen and oxygen atoms in total. The fraction of sp³-hybridized carbons (Fsp3) is 0.389. The zero-order valence-electron chi connectivity index (χ0n) is 12.9. The Hall–Kier alpha value is -1.81. The summed E-state index contributed by atoms with van der Waals surface area (Å²) in [6.07, 6.45) is 4.83. The van der Waals surface area contributed by atoms with E-state index in [4.69, 9.17) is 0 Å². The predicted molar refractivity (Wildman–Crippen MR) is 92.7 cm³/mol. The number of thiophene rings is 1. The van der Waals surface area contributed by atoms with Crippen molar-refractivity contribution < 1.29 is 4.79 Å². The van der Waals surface area contributed by atoms with Crippen molar-refractivity contribution in [2.75, 3.05) is 11.9 Å². The lowest BCUT2D eigenvalue weighted by Gasteiger charge is -2.28. The molecule has 1 aliphatic carbocycles. The molecule has 4 heteroatoms. The number of carbonyl (C=O) groups excluding carboxylic acids is 1. The van der Waals surface area contributed by atoms with Crippen molar-refractivity contribution in [3.8, 4) is 0 Å². The summed E-state index contributed by atoms with van der Waals surface area (Å²) in [6, 6.07) is 12.0. The summed E-state index contributed by atoms with van der Waals surface area (Å²) in [7, 11) is 0. The van der Waals surface area contributed by atoms with Gasteiger partial charge < -0.3 is 10.6 Å². The van der Waals surface area contributed by atoms with Crippen LogP contribution in [0.2, 0.25) is 0 Å². The topological polar surface area (TPSA) is 41.1 Å². The van der Waals surface area contributed by atoms with Gasteiger partial charge in [0.2, 0.25) is 0 Å². The predicted octanol–water partition coefficient (Wildman–Crippen LogP) is 4.69. The molecule has 1 heterocycles. The van der Waals surface area contributed by atoms with Crippen LogP contribution in [-0.2, 0) is 5.41 Å². The maximum Gasteiger partial charge on any atom is 0.319 e. The van der Waals surface area contributed by atoms with Crippen molar-refractivity contribution in [1.82, 2.24) is 5.32 Å². The number of carbonyl (C=O) groups is 1. The number of nitrogens with one attached hydrogen (secondary N) is 2. The molecule has 0 unspecified atom stereocenters. The molecular formula is C18H22N2OS. The molecule has 2 aromatic rings. The fourth-order valence-corrected chi connectivity index (χ4v) is 4.19. The average Bonchev–Trinajstić information content (AvgIpc) is 3.19. The molecule has 3 rings (SSSR count). The van der Waals surface area contributed by atoms with Crippen LogP contribution in [0.25, 0.3) is 0 Å². The van der Waals surface area contributed by atoms with Crippen LogP contribution in [0.3, 0.4) is 0 Å². The van der Waals surface area contributed by atoms with E-state index in [9.17, 15) is 4.79 Å². The lowest BCUT2D eigenvalue weighted by molar-refractivity contribution is 0.248. The molecule has 0 spiro atoms. The summed E-state index contributed by atoms with van der Waals surface area (Å²) in [5, 5.41) is 8.11. The number of hydrogen-bond acceptors (Lipinski definition) is 2. The minimum absolute atomic E-state index is 0.119. The molecule has 2 amide bonds. The molecule has 1 aromatic carbocycles. The number of urea groups is 1. The van der Waals surface area contributed by atoms with Gasteiger partial charge in [-0.15, -0.1) is 11.3 Å². The summed E-state index contributed by atoms with van der Waals surface area (Å²) < 4.78 is 0. The zero-order valence-corrected chi connectivity index (χ0v) is 13.7. The highest BCUT2D eigenvalue weighted by molar-refractivity contribution is 7.10. The van der Waals surface area contributed by atoms with E-state index in [0.717, 1.165) is 5.69 Å². The number of aryl methyl sites for hydroxylation is 1. The molecule has 0 aliphatic heterocycles. The van der Waals surface area contributed by atoms with Crippen LogP contribution in [0.5, 0.6) is 0 Å². The minimum atomic E-state index is -0.119. The van der Waals surface area contributed by atoms with Crippen LogP contribution < -0.4 is 10.6 Å². The van der Waals surface area contributed by atoms with Crippen LogP contribution in [0.15, 0.2) is 41.8 Å². The van der Waals surface area contributed by atoms with E-state index >= 15 is 0 Å². The van der Waals surface area contributed by atoms with Crippen molar-refractivity contribution in [2.24, 2.45) is 0 Å². The Labute approximate surface area is 135 Å². The Kier molecular flexibility index (Phi) is 4.48. The van der Waals surface area contributed by atoms with Crippen LogP contribution in [0.4, 0.5) is 10.5 Å². The van der Waals surface area contributed by atoms with E-state index in [1.807, 2.05) is 31.2 Å². The lowest BCUT2D eigenvalue weighted by Crippen LogP contribution is -2.40. The smallest absolute Gasteiger partial charge is 0.319 e. The van der Waals surface area contributed by atoms with E-state index in [1.54, 1.807) is 11.3 Å². The van der Waals surface area contributed by atoms with E-state index < -0.39 is 0 Å². The van der Waals surface area contributed by atoms with Gasteiger partial charge >= 0.3 is 6.03 Å². The summed E-state index contributed by atoms with van der Waals surface area (Å²) in [4.78, 5) is 13.6. The van der Waals surface area contributed by atoms with Crippen molar-refractivity contribution in [3.05, 3.63) is 52.2 Å². The summed E-state index contributed by atoms with van der Waals surface area (Å²) in [5.41, 5.74) is 2.16. The van der Waals surface area contributed by atoms with Crippen molar-refractivity contribution >= 4 is 23.1 Å². The third-order valence-corrected chi connectivity index (χ3v) is 5.62. The van der Waals surface area contributed by atoms with Crippen LogP contribution in [-0.4, -0.2) is 12.6 Å². The Balaban J connectivity index is 1.60. The number of hydrogen-bond donors (Lipinski definition) is 2. The van der Waals surface area contributed by atoms with E-state index in [0.29, 0.717) is 6.54 Å². The molecule has 1 aromatic heterocycles. The molecule has 0 atom stereocenters. The van der Waals surface area contributed by atoms with Gasteiger partial charge in [-0.3, -0.25) is 0 Å². The lowest BCUT2D eigenvalue weighted by atomic mass is 9.84. The third-order valence-electron chi connectivity index (χ3n) is 4.50. The Morgan fingerprint density at radius 2 is 1.91 bits per heavy atom. The fourth-order valence-electron chi connectivity index (χ4n) is 3.20. The van der Waals surface area contributed by atoms with Crippen molar-refractivity contribution in [3.63, 3.8) is 0 Å². The van der Waals surface area contributed by atoms with Gasteiger partial charge in [0.25, 0.3) is 0 Å². The summed E-state index contributed by atoms with van der Waals surface area (Å²) in [5.74, 6) is 0. The van der Waals surface area contributed by atoms with Crippen molar-refractivity contribution in [2.45, 2.75) is 38.0 Å². The highest BCUT2D eigenvalue weighted by Crippen LogP contribution is 2.42. The largest absolute Gasteiger partial charge is 0.337 e. The van der Waals surface area contributed by atoms with E-state index in [1.165, 1.54) is 36.1 Å². The molecule has 22 heavy (non-hydrogen) atoms. The molecule has 1 saturated carbocycles. The molecule has 0 bridgehead atoms. The van der Waals surface area contributed by atoms with Gasteiger partial charge in [-0.1, -0.05) is 36.6 Å². The standard InChI is InChI=1S/C18H22N2OS/c1-14-6-8-15(9-7-14)20-17(21)19-13-18(10-2-3-11-18)16-5-4-12-22-16/h4-9,12H,2-3,10-11,13H2,1H3,(H2,19,20,21). The second kappa shape index (κ2) is 6.53. The number of benzene rings is 1. The second-order valence-corrected chi connectivity index (χ2v) is 7.09. The minimum Gasteiger partial charge on any atom is -0.337 e. The molecule has 1 aliphatic rings. The summed E-state index contributed by atoms with van der Waals surface area (Å²) in [6.45, 7) is 2.75. The molecule has 0 radical (unpaired) electrons. The Morgan fingerprint density at radius 1 is 1.18 bits per heavy atom. The van der Waals surface area contributed by atoms with Gasteiger partial charge in [-0.05, 0) is 43.3 Å². The average molecular weight is 314 g/mol. The number of anilines is 1. The van der Waals surface area contributed by atoms with Crippen LogP contribution in [0, 0.1) is 6.92 Å². The van der Waals surface area contributed by atoms with Gasteiger partial charge in [-0.25, -0.2) is 4.79 Å². The van der Waals surface area contributed by atoms with Gasteiger partial charge in [0.1, 0.15) is 0 Å². The normalized spacial score (nSPS) is 16.4. The summed E-state index contributed by atoms with van der Waals surface area (Å²) >= 11 is 1.80. The monoisotopic (exact) mass is 314 g/mol. The second-order valence-electron chi connectivity index (χ2n) is 6.14. The van der Waals surface area contributed by atoms with Gasteiger partial charge in [-0.2, -0.15) is 0 Å². The molecule has 0 saturated heterocycles. The Bertz CT molecular complexity index is 613. The first-order valence-corrected chi connectivity index (χ1v) is 8.71. The van der Waals surface area contributed by atoms with E-state index in [2.05, 4.69) is 28.1 Å². The first-order chi connectivity index (χ1) is 10.7. The molecular weight excluding hydrogens is 292 g/mol. The maximum atomic E-state index is 12.1. The van der Waals surface area contributed by atoms with Gasteiger partial charge in [0.05, 0.1) is 0 Å². The van der Waals surface area contributed by atoms with E-state index in [-0.39, 0.29) is 11.4 Å². The zero-order chi connectivity index (χ0) is 15.4. The van der Waals surface area contributed by atoms with Crippen LogP contribution in [0.1, 0.15) is 36.1 Å². The Morgan fingerprint density at radius 3 is 2.55 bits per heavy atom. The molecule has 2 N–H and O–H groups in total. The molecule has 116 valence electrons. The van der Waals surface area contributed by atoms with Gasteiger partial charge in [0.15, 0.2) is 0 Å². The number of amides is 2. The SMILES string of the molecule is Cc1ccc(NC(=O)NCC2(c3cccs3)CCCC2)cc1. The van der Waals surface area contributed by atoms with Crippen LogP contribution >= 0.6 is 11.3 Å².